The number of alkyl halides is 2. The lowest BCUT2D eigenvalue weighted by molar-refractivity contribution is -0.151. The van der Waals surface area contributed by atoms with Crippen LogP contribution in [0.4, 0.5) is 0 Å². The molecule has 4 aliphatic rings. The second-order valence-electron chi connectivity index (χ2n) is 25.6. The van der Waals surface area contributed by atoms with Gasteiger partial charge in [0.15, 0.2) is 0 Å². The molecule has 3 N–H and O–H groups in total. The molecule has 4 fully saturated rings. The van der Waals surface area contributed by atoms with Crippen LogP contribution in [0.25, 0.3) is 0 Å². The zero-order valence-electron chi connectivity index (χ0n) is 53.3. The number of carbonyl (C=O) groups excluding carboxylic acids is 9. The second-order valence-corrected chi connectivity index (χ2v) is 30.5. The van der Waals surface area contributed by atoms with Crippen molar-refractivity contribution in [3.8, 4) is 0 Å². The van der Waals surface area contributed by atoms with E-state index in [0.29, 0.717) is 38.1 Å². The van der Waals surface area contributed by atoms with Crippen molar-refractivity contribution < 1.29 is 67.3 Å². The molecule has 21 nitrogen and oxygen atoms in total. The molecule has 0 aliphatic carbocycles. The lowest BCUT2D eigenvalue weighted by Crippen LogP contribution is -2.60. The van der Waals surface area contributed by atoms with Crippen molar-refractivity contribution in [2.24, 2.45) is 35.5 Å². The van der Waals surface area contributed by atoms with Crippen molar-refractivity contribution in [2.75, 3.05) is 54.6 Å². The highest BCUT2D eigenvalue weighted by atomic mass is 127. The Labute approximate surface area is 536 Å². The highest BCUT2D eigenvalue weighted by Crippen LogP contribution is 2.49. The van der Waals surface area contributed by atoms with E-state index in [1.54, 1.807) is 46.6 Å². The topological polar surface area (TPSA) is 259 Å². The van der Waals surface area contributed by atoms with Crippen LogP contribution in [-0.2, 0) is 68.6 Å². The number of ether oxygens (including phenoxy) is 3. The predicted octanol–water partition coefficient (Wildman–Crippen LogP) is 6.56. The Morgan fingerprint density at radius 1 is 0.802 bits per heavy atom. The van der Waals surface area contributed by atoms with Gasteiger partial charge in [-0.05, 0) is 80.8 Å². The quantitative estimate of drug-likeness (QED) is 0.0456. The van der Waals surface area contributed by atoms with Gasteiger partial charge < -0.3 is 44.7 Å². The van der Waals surface area contributed by atoms with E-state index in [1.165, 1.54) is 31.1 Å². The fourth-order valence-electron chi connectivity index (χ4n) is 13.5. The summed E-state index contributed by atoms with van der Waals surface area (Å²) >= 11 is 4.38. The first kappa shape index (κ1) is 72.4. The normalized spacial score (nSPS) is 25.8. The molecular formula is C63H97I2N7O14. The van der Waals surface area contributed by atoms with E-state index in [2.05, 4.69) is 75.7 Å². The van der Waals surface area contributed by atoms with Crippen LogP contribution in [0.1, 0.15) is 157 Å². The SMILES string of the molecule is CCCC(CC)c1cccc(CC(NC(=O)[C@H](C)[C@@H](OC)[C@@H]2CCCN2C(=O)C[C@@H](OC)[C@H]([C@@H](C)CC)N(C)C(=O)[C@@H](NC(=O)[C@H](C(C)C)N(C)C(=O)COC2CN3C(=O)CC(C3=O)C(C)(I)CC(C)(I)C3CC(=O)N(C2)C3=O)C(C)C)C(=O)O)c1. The van der Waals surface area contributed by atoms with Crippen LogP contribution in [0, 0.1) is 35.5 Å². The Balaban J connectivity index is 1.28. The number of benzene rings is 1. The Hall–Kier alpha value is -4.34. The maximum absolute atomic E-state index is 14.9. The van der Waals surface area contributed by atoms with Gasteiger partial charge in [0.2, 0.25) is 53.2 Å². The highest BCUT2D eigenvalue weighted by molar-refractivity contribution is 14.1. The molecule has 1 aromatic carbocycles. The summed E-state index contributed by atoms with van der Waals surface area (Å²) in [7, 11) is 6.02. The van der Waals surface area contributed by atoms with Crippen molar-refractivity contribution in [3.05, 3.63) is 35.4 Å². The minimum Gasteiger partial charge on any atom is -0.480 e. The summed E-state index contributed by atoms with van der Waals surface area (Å²) in [5, 5.41) is 16.0. The third kappa shape index (κ3) is 17.1. The van der Waals surface area contributed by atoms with E-state index in [9.17, 15) is 53.1 Å². The van der Waals surface area contributed by atoms with Gasteiger partial charge in [0, 0.05) is 61.0 Å². The van der Waals surface area contributed by atoms with Crippen LogP contribution in [0.2, 0.25) is 0 Å². The molecule has 4 bridgehead atoms. The van der Waals surface area contributed by atoms with Gasteiger partial charge >= 0.3 is 5.97 Å². The third-order valence-corrected chi connectivity index (χ3v) is 20.9. The number of methoxy groups -OCH3 is 2. The molecule has 0 spiro atoms. The number of amides is 9. The van der Waals surface area contributed by atoms with Crippen molar-refractivity contribution in [2.45, 2.75) is 208 Å². The van der Waals surface area contributed by atoms with E-state index in [1.807, 2.05) is 45.9 Å². The summed E-state index contributed by atoms with van der Waals surface area (Å²) in [5.41, 5.74) is 1.95. The summed E-state index contributed by atoms with van der Waals surface area (Å²) in [6, 6.07) is 3.28. The van der Waals surface area contributed by atoms with Gasteiger partial charge in [0.25, 0.3) is 0 Å². The third-order valence-electron chi connectivity index (χ3n) is 18.7. The molecule has 4 heterocycles. The molecule has 1 aromatic rings. The smallest absolute Gasteiger partial charge is 0.326 e. The number of carbonyl (C=O) groups is 10. The molecule has 0 radical (unpaired) electrons. The van der Waals surface area contributed by atoms with Gasteiger partial charge in [-0.15, -0.1) is 0 Å². The van der Waals surface area contributed by atoms with Crippen molar-refractivity contribution >= 4 is 104 Å². The molecule has 6 unspecified atom stereocenters. The lowest BCUT2D eigenvalue weighted by Gasteiger charge is -2.41. The first-order chi connectivity index (χ1) is 40.3. The van der Waals surface area contributed by atoms with Gasteiger partial charge in [-0.2, -0.15) is 0 Å². The zero-order valence-corrected chi connectivity index (χ0v) is 57.6. The maximum Gasteiger partial charge on any atom is 0.326 e. The molecule has 0 aromatic heterocycles. The summed E-state index contributed by atoms with van der Waals surface area (Å²) in [5.74, 6) is -8.24. The summed E-state index contributed by atoms with van der Waals surface area (Å²) in [6.07, 6.45) is 2.33. The fraction of sp³-hybridized carbons (Fsp3) is 0.746. The number of rotatable bonds is 28. The van der Waals surface area contributed by atoms with E-state index in [-0.39, 0.29) is 62.4 Å². The standard InChI is InChI=1S/C63H97I2N7O14/c1-16-21-40(18-3)41-23-19-22-39(26-41)27-45(61(82)83)66-56(77)38(9)55(85-15)46-24-20-25-70(46)50(75)30-47(84-14)54(37(8)17-2)69(13)60(81)52(35(4)5)67-57(78)53(36(6)7)68(12)51(76)33-86-42-31-71-48(73)28-43(58(71)79)62(10,64)34-63(11,65)44-29-49(74)72(32-42)59(44)80/h19,22-23,26,35-38,40,42-47,52-55H,16-18,20-21,24-25,27-34H2,1-15H3,(H,66,77)(H,67,78)(H,82,83)/t37-,38+,40?,42?,43?,44?,45?,46-,47+,52-,53-,54-,55+,62?,63?/m0/s1. The molecule has 482 valence electrons. The minimum absolute atomic E-state index is 0.0262. The molecule has 23 heteroatoms. The van der Waals surface area contributed by atoms with Crippen LogP contribution < -0.4 is 10.6 Å². The molecular weight excluding hydrogens is 1330 g/mol. The average molecular weight is 1430 g/mol. The Kier molecular flexibility index (Phi) is 26.4. The van der Waals surface area contributed by atoms with Crippen LogP contribution >= 0.6 is 45.2 Å². The molecule has 0 saturated carbocycles. The zero-order chi connectivity index (χ0) is 64.4. The van der Waals surface area contributed by atoms with Gasteiger partial charge in [-0.25, -0.2) is 4.79 Å². The van der Waals surface area contributed by atoms with Crippen molar-refractivity contribution in [3.63, 3.8) is 0 Å². The number of likely N-dealkylation sites (tertiary alicyclic amines) is 1. The number of hydrogen-bond acceptors (Lipinski definition) is 13. The largest absolute Gasteiger partial charge is 0.480 e. The first-order valence-electron chi connectivity index (χ1n) is 30.8. The number of hydrogen-bond donors (Lipinski definition) is 3. The Morgan fingerprint density at radius 2 is 1.40 bits per heavy atom. The van der Waals surface area contributed by atoms with Crippen LogP contribution in [0.3, 0.4) is 0 Å². The van der Waals surface area contributed by atoms with E-state index in [4.69, 9.17) is 14.2 Å². The van der Waals surface area contributed by atoms with Gasteiger partial charge in [-0.1, -0.05) is 145 Å². The summed E-state index contributed by atoms with van der Waals surface area (Å²) < 4.78 is 16.8. The molecule has 5 rings (SSSR count). The Bertz CT molecular complexity index is 2560. The number of carboxylic acids is 1. The molecule has 4 aliphatic heterocycles. The number of nitrogens with zero attached hydrogens (tertiary/aromatic N) is 5. The number of nitrogens with one attached hydrogen (secondary N) is 2. The fourth-order valence-corrected chi connectivity index (χ4v) is 16.8. The van der Waals surface area contributed by atoms with Crippen LogP contribution in [0.5, 0.6) is 0 Å². The lowest BCUT2D eigenvalue weighted by atomic mass is 9.79. The second kappa shape index (κ2) is 31.4. The molecule has 9 amide bonds. The van der Waals surface area contributed by atoms with Gasteiger partial charge in [0.1, 0.15) is 24.7 Å². The monoisotopic (exact) mass is 1430 g/mol. The van der Waals surface area contributed by atoms with Crippen molar-refractivity contribution in [1.29, 1.82) is 0 Å². The summed E-state index contributed by atoms with van der Waals surface area (Å²) in [4.78, 5) is 146. The van der Waals surface area contributed by atoms with Crippen LogP contribution in [0.15, 0.2) is 24.3 Å². The predicted molar refractivity (Wildman–Crippen MR) is 341 cm³/mol. The van der Waals surface area contributed by atoms with E-state index >= 15 is 0 Å². The minimum atomic E-state index is -1.20. The molecule has 14 atom stereocenters. The van der Waals surface area contributed by atoms with E-state index < -0.39 is 133 Å². The van der Waals surface area contributed by atoms with Crippen molar-refractivity contribution in [1.82, 2.24) is 35.1 Å². The first-order valence-corrected chi connectivity index (χ1v) is 32.9. The highest BCUT2D eigenvalue weighted by Gasteiger charge is 2.56. The average Bonchev–Trinajstić information content (AvgIpc) is 1.70. The Morgan fingerprint density at radius 3 is 1.90 bits per heavy atom. The van der Waals surface area contributed by atoms with Gasteiger partial charge in [-0.3, -0.25) is 53.0 Å². The summed E-state index contributed by atoms with van der Waals surface area (Å²) in [6.45, 7) is 19.9. The number of likely N-dealkylation sites (N-methyl/N-ethyl adjacent to an activating group) is 2. The maximum atomic E-state index is 14.9. The number of fused-ring (bicyclic) bond motifs is 4. The number of carboxylic acid groups (broad SMARTS) is 1. The number of aliphatic carboxylic acids is 1. The number of imide groups is 2. The number of halogens is 2. The van der Waals surface area contributed by atoms with E-state index in [0.717, 1.165) is 40.2 Å². The molecule has 86 heavy (non-hydrogen) atoms. The van der Waals surface area contributed by atoms with Gasteiger partial charge in [0.05, 0.1) is 67.7 Å². The molecule has 4 saturated heterocycles. The van der Waals surface area contributed by atoms with Crippen LogP contribution in [-0.4, -0.2) is 199 Å².